The summed E-state index contributed by atoms with van der Waals surface area (Å²) in [5.74, 6) is -0.104. The van der Waals surface area contributed by atoms with E-state index in [1.54, 1.807) is 24.3 Å². The molecule has 0 aliphatic rings. The lowest BCUT2D eigenvalue weighted by atomic mass is 10.2. The van der Waals surface area contributed by atoms with E-state index in [1.165, 1.54) is 25.3 Å². The van der Waals surface area contributed by atoms with Crippen molar-refractivity contribution < 1.29 is 14.5 Å². The van der Waals surface area contributed by atoms with E-state index in [0.29, 0.717) is 16.4 Å². The summed E-state index contributed by atoms with van der Waals surface area (Å²) in [6.07, 6.45) is 0. The number of amides is 1. The number of nitro benzene ring substituents is 1. The quantitative estimate of drug-likeness (QED) is 0.624. The molecule has 0 heterocycles. The number of carbonyl (C=O) groups excluding carboxylic acids is 1. The van der Waals surface area contributed by atoms with Crippen molar-refractivity contribution in [1.82, 2.24) is 0 Å². The van der Waals surface area contributed by atoms with Crippen LogP contribution >= 0.6 is 11.6 Å². The van der Waals surface area contributed by atoms with Gasteiger partial charge >= 0.3 is 0 Å². The first-order chi connectivity index (χ1) is 11.0. The van der Waals surface area contributed by atoms with Crippen LogP contribution in [0.25, 0.3) is 0 Å². The normalized spacial score (nSPS) is 10.0. The fraction of sp³-hybridized carbons (Fsp3) is 0.133. The molecular weight excluding hydrogens is 322 g/mol. The minimum atomic E-state index is -0.533. The van der Waals surface area contributed by atoms with Crippen LogP contribution in [-0.4, -0.2) is 24.5 Å². The predicted molar refractivity (Wildman–Crippen MR) is 88.2 cm³/mol. The third-order valence-corrected chi connectivity index (χ3v) is 3.18. The monoisotopic (exact) mass is 335 g/mol. The maximum atomic E-state index is 12.0. The Morgan fingerprint density at radius 1 is 1.30 bits per heavy atom. The molecule has 2 aromatic rings. The number of nitrogens with zero attached hydrogens (tertiary/aromatic N) is 1. The van der Waals surface area contributed by atoms with Crippen LogP contribution in [0.2, 0.25) is 5.02 Å². The molecule has 0 aliphatic heterocycles. The molecule has 7 nitrogen and oxygen atoms in total. The number of methoxy groups -OCH3 is 1. The summed E-state index contributed by atoms with van der Waals surface area (Å²) < 4.78 is 5.06. The molecule has 0 saturated heterocycles. The minimum absolute atomic E-state index is 0.0144. The van der Waals surface area contributed by atoms with Gasteiger partial charge in [0.2, 0.25) is 5.91 Å². The van der Waals surface area contributed by atoms with Crippen molar-refractivity contribution in [1.29, 1.82) is 0 Å². The van der Waals surface area contributed by atoms with Crippen molar-refractivity contribution in [2.24, 2.45) is 0 Å². The number of nitrogens with one attached hydrogen (secondary N) is 2. The molecule has 0 aromatic heterocycles. The standard InChI is InChI=1S/C15H14ClN3O4/c1-23-14-8-12(19(21)22)5-6-13(14)18-15(20)9-17-11-4-2-3-10(16)7-11/h2-8,17H,9H2,1H3,(H,18,20). The Morgan fingerprint density at radius 3 is 2.74 bits per heavy atom. The van der Waals surface area contributed by atoms with E-state index in [1.807, 2.05) is 0 Å². The number of hydrogen-bond donors (Lipinski definition) is 2. The molecule has 0 unspecified atom stereocenters. The van der Waals surface area contributed by atoms with E-state index in [9.17, 15) is 14.9 Å². The van der Waals surface area contributed by atoms with E-state index in [2.05, 4.69) is 10.6 Å². The number of anilines is 2. The van der Waals surface area contributed by atoms with Crippen molar-refractivity contribution in [2.75, 3.05) is 24.3 Å². The van der Waals surface area contributed by atoms with Crippen molar-refractivity contribution in [2.45, 2.75) is 0 Å². The Morgan fingerprint density at radius 2 is 2.09 bits per heavy atom. The number of non-ortho nitro benzene ring substituents is 1. The smallest absolute Gasteiger partial charge is 0.273 e. The maximum absolute atomic E-state index is 12.0. The second-order valence-corrected chi connectivity index (χ2v) is 4.99. The third-order valence-electron chi connectivity index (χ3n) is 2.95. The second-order valence-electron chi connectivity index (χ2n) is 4.55. The zero-order chi connectivity index (χ0) is 16.8. The molecule has 1 amide bonds. The average molecular weight is 336 g/mol. The van der Waals surface area contributed by atoms with Gasteiger partial charge in [-0.3, -0.25) is 14.9 Å². The molecule has 2 N–H and O–H groups in total. The molecule has 8 heteroatoms. The lowest BCUT2D eigenvalue weighted by Crippen LogP contribution is -2.22. The van der Waals surface area contributed by atoms with Gasteiger partial charge in [0.05, 0.1) is 30.3 Å². The van der Waals surface area contributed by atoms with Gasteiger partial charge in [-0.2, -0.15) is 0 Å². The molecule has 0 aliphatic carbocycles. The van der Waals surface area contributed by atoms with Crippen LogP contribution in [0.5, 0.6) is 5.75 Å². The Bertz CT molecular complexity index is 736. The Labute approximate surface area is 137 Å². The first kappa shape index (κ1) is 16.6. The highest BCUT2D eigenvalue weighted by atomic mass is 35.5. The van der Waals surface area contributed by atoms with Gasteiger partial charge in [0, 0.05) is 16.8 Å². The van der Waals surface area contributed by atoms with Crippen LogP contribution in [0.1, 0.15) is 0 Å². The molecule has 0 atom stereocenters. The molecule has 2 aromatic carbocycles. The lowest BCUT2D eigenvalue weighted by Gasteiger charge is -2.11. The Kier molecular flexibility index (Phi) is 5.37. The number of ether oxygens (including phenoxy) is 1. The van der Waals surface area contributed by atoms with E-state index < -0.39 is 4.92 Å². The number of carbonyl (C=O) groups is 1. The summed E-state index contributed by atoms with van der Waals surface area (Å²) in [6, 6.07) is 10.9. The summed E-state index contributed by atoms with van der Waals surface area (Å²) in [7, 11) is 1.37. The van der Waals surface area contributed by atoms with Crippen LogP contribution in [0.3, 0.4) is 0 Å². The molecule has 0 bridgehead atoms. The fourth-order valence-corrected chi connectivity index (χ4v) is 2.06. The fourth-order valence-electron chi connectivity index (χ4n) is 1.87. The van der Waals surface area contributed by atoms with Crippen LogP contribution < -0.4 is 15.4 Å². The predicted octanol–water partition coefficient (Wildman–Crippen LogP) is 3.31. The van der Waals surface area contributed by atoms with Gasteiger partial charge < -0.3 is 15.4 Å². The van der Waals surface area contributed by atoms with E-state index in [0.717, 1.165) is 0 Å². The first-order valence-electron chi connectivity index (χ1n) is 6.61. The van der Waals surface area contributed by atoms with Crippen molar-refractivity contribution in [3.05, 3.63) is 57.6 Å². The van der Waals surface area contributed by atoms with Crippen LogP contribution in [0.4, 0.5) is 17.1 Å². The second kappa shape index (κ2) is 7.46. The van der Waals surface area contributed by atoms with E-state index in [-0.39, 0.29) is 23.9 Å². The number of hydrogen-bond acceptors (Lipinski definition) is 5. The highest BCUT2D eigenvalue weighted by molar-refractivity contribution is 6.30. The Balaban J connectivity index is 2.01. The lowest BCUT2D eigenvalue weighted by molar-refractivity contribution is -0.384. The van der Waals surface area contributed by atoms with Gasteiger partial charge in [0.1, 0.15) is 5.75 Å². The zero-order valence-electron chi connectivity index (χ0n) is 12.2. The van der Waals surface area contributed by atoms with Gasteiger partial charge in [-0.05, 0) is 24.3 Å². The van der Waals surface area contributed by atoms with Gasteiger partial charge in [-0.25, -0.2) is 0 Å². The molecule has 0 saturated carbocycles. The highest BCUT2D eigenvalue weighted by Crippen LogP contribution is 2.28. The molecule has 2 rings (SSSR count). The average Bonchev–Trinajstić information content (AvgIpc) is 2.53. The zero-order valence-corrected chi connectivity index (χ0v) is 13.0. The Hall–Kier alpha value is -2.80. The maximum Gasteiger partial charge on any atom is 0.273 e. The molecule has 0 radical (unpaired) electrons. The first-order valence-corrected chi connectivity index (χ1v) is 6.99. The number of benzene rings is 2. The summed E-state index contributed by atoms with van der Waals surface area (Å²) in [4.78, 5) is 22.2. The molecule has 23 heavy (non-hydrogen) atoms. The van der Waals surface area contributed by atoms with Crippen LogP contribution in [0, 0.1) is 10.1 Å². The highest BCUT2D eigenvalue weighted by Gasteiger charge is 2.13. The summed E-state index contributed by atoms with van der Waals surface area (Å²) in [5.41, 5.74) is 0.955. The molecule has 0 fully saturated rings. The third kappa shape index (κ3) is 4.58. The van der Waals surface area contributed by atoms with Crippen molar-refractivity contribution in [3.8, 4) is 5.75 Å². The SMILES string of the molecule is COc1cc([N+](=O)[O-])ccc1NC(=O)CNc1cccc(Cl)c1. The van der Waals surface area contributed by atoms with Gasteiger partial charge in [-0.15, -0.1) is 0 Å². The summed E-state index contributed by atoms with van der Waals surface area (Å²) >= 11 is 5.86. The largest absolute Gasteiger partial charge is 0.494 e. The van der Waals surface area contributed by atoms with Crippen molar-refractivity contribution >= 4 is 34.6 Å². The number of rotatable bonds is 6. The van der Waals surface area contributed by atoms with Crippen molar-refractivity contribution in [3.63, 3.8) is 0 Å². The number of halogens is 1. The van der Waals surface area contributed by atoms with Gasteiger partial charge in [-0.1, -0.05) is 17.7 Å². The van der Waals surface area contributed by atoms with E-state index >= 15 is 0 Å². The van der Waals surface area contributed by atoms with Gasteiger partial charge in [0.15, 0.2) is 0 Å². The van der Waals surface area contributed by atoms with E-state index in [4.69, 9.17) is 16.3 Å². The van der Waals surface area contributed by atoms with Gasteiger partial charge in [0.25, 0.3) is 5.69 Å². The van der Waals surface area contributed by atoms with Crippen LogP contribution in [-0.2, 0) is 4.79 Å². The molecular formula is C15H14ClN3O4. The topological polar surface area (TPSA) is 93.5 Å². The summed E-state index contributed by atoms with van der Waals surface area (Å²) in [6.45, 7) is 0.0144. The number of nitro groups is 1. The summed E-state index contributed by atoms with van der Waals surface area (Å²) in [5, 5.41) is 16.9. The molecule has 0 spiro atoms. The molecule has 120 valence electrons. The minimum Gasteiger partial charge on any atom is -0.494 e. The van der Waals surface area contributed by atoms with Crippen LogP contribution in [0.15, 0.2) is 42.5 Å².